The molecule has 9 atom stereocenters. The van der Waals surface area contributed by atoms with Crippen LogP contribution in [0, 0.1) is 34.0 Å². The fraction of sp³-hybridized carbons (Fsp3) is 0.620. The molecule has 0 radical (unpaired) electrons. The fourth-order valence-corrected chi connectivity index (χ4v) is 12.7. The van der Waals surface area contributed by atoms with Crippen LogP contribution in [0.1, 0.15) is 89.7 Å². The number of aliphatic hydroxyl groups excluding tert-OH is 3. The summed E-state index contributed by atoms with van der Waals surface area (Å²) in [5.74, 6) is -0.106. The van der Waals surface area contributed by atoms with Gasteiger partial charge in [-0.1, -0.05) is 78.4 Å². The molecule has 4 aliphatic carbocycles. The van der Waals surface area contributed by atoms with Crippen LogP contribution in [-0.4, -0.2) is 97.8 Å². The summed E-state index contributed by atoms with van der Waals surface area (Å²) in [4.78, 5) is 12.6. The van der Waals surface area contributed by atoms with Crippen LogP contribution >= 0.6 is 0 Å². The molecule has 9 heteroatoms. The van der Waals surface area contributed by atoms with Gasteiger partial charge < -0.3 is 40.5 Å². The Morgan fingerprint density at radius 1 is 1.12 bits per heavy atom. The number of carbonyl (C=O) groups excluding carboxylic acids is 1. The minimum atomic E-state index is -1.24. The van der Waals surface area contributed by atoms with Crippen molar-refractivity contribution < 1.29 is 34.7 Å². The quantitative estimate of drug-likeness (QED) is 0.0364. The monoisotopic (exact) mass is 813 g/mol. The van der Waals surface area contributed by atoms with Gasteiger partial charge in [0, 0.05) is 54.6 Å². The van der Waals surface area contributed by atoms with E-state index in [1.807, 2.05) is 20.0 Å². The maximum absolute atomic E-state index is 13.2. The molecule has 1 aromatic carbocycles. The van der Waals surface area contributed by atoms with Crippen molar-refractivity contribution in [2.24, 2.45) is 34.0 Å². The molecule has 3 fully saturated rings. The Morgan fingerprint density at radius 2 is 1.90 bits per heavy atom. The van der Waals surface area contributed by atoms with Crippen LogP contribution in [0.15, 0.2) is 95.2 Å². The first-order valence-electron chi connectivity index (χ1n) is 22.1. The lowest BCUT2D eigenvalue weighted by atomic mass is 9.34. The van der Waals surface area contributed by atoms with E-state index < -0.39 is 34.7 Å². The van der Waals surface area contributed by atoms with Gasteiger partial charge in [-0.05, 0) is 145 Å². The van der Waals surface area contributed by atoms with E-state index in [0.29, 0.717) is 63.7 Å². The largest absolute Gasteiger partial charge is 0.396 e. The third-order valence-electron chi connectivity index (χ3n) is 15.6. The fourth-order valence-electron chi connectivity index (χ4n) is 12.7. The first-order chi connectivity index (χ1) is 28.3. The van der Waals surface area contributed by atoms with Crippen molar-refractivity contribution in [3.8, 4) is 0 Å². The van der Waals surface area contributed by atoms with Gasteiger partial charge >= 0.3 is 0 Å². The Balaban J connectivity index is 1.35. The smallest absolute Gasteiger partial charge is 0.145 e. The van der Waals surface area contributed by atoms with Crippen molar-refractivity contribution in [1.82, 2.24) is 10.6 Å². The molecular weight excluding hydrogens is 741 g/mol. The molecule has 1 aromatic rings. The molecule has 0 saturated heterocycles. The number of aliphatic hydroxyl groups is 4. The normalized spacial score (nSPS) is 36.7. The number of hydrogen-bond acceptors (Lipinski definition) is 9. The number of benzene rings is 1. The van der Waals surface area contributed by atoms with E-state index in [2.05, 4.69) is 85.7 Å². The Bertz CT molecular complexity index is 1830. The van der Waals surface area contributed by atoms with E-state index in [-0.39, 0.29) is 36.5 Å². The highest BCUT2D eigenvalue weighted by atomic mass is 16.6. The average molecular weight is 813 g/mol. The van der Waals surface area contributed by atoms with Crippen LogP contribution < -0.4 is 10.6 Å². The number of fused-ring (bicyclic) bond motifs is 4. The van der Waals surface area contributed by atoms with Crippen LogP contribution in [0.2, 0.25) is 0 Å². The lowest BCUT2D eigenvalue weighted by Crippen LogP contribution is -2.73. The number of methoxy groups -OCH3 is 1. The van der Waals surface area contributed by atoms with Gasteiger partial charge in [-0.2, -0.15) is 0 Å². The number of rotatable bonds is 16. The summed E-state index contributed by atoms with van der Waals surface area (Å²) in [6, 6.07) is 8.92. The van der Waals surface area contributed by atoms with Gasteiger partial charge in [0.25, 0.3) is 0 Å². The van der Waals surface area contributed by atoms with E-state index in [1.165, 1.54) is 16.7 Å². The second kappa shape index (κ2) is 19.0. The van der Waals surface area contributed by atoms with Crippen LogP contribution in [0.3, 0.4) is 0 Å². The van der Waals surface area contributed by atoms with E-state index in [4.69, 9.17) is 9.47 Å². The Labute approximate surface area is 353 Å². The van der Waals surface area contributed by atoms with Gasteiger partial charge in [0.1, 0.15) is 13.1 Å². The minimum Gasteiger partial charge on any atom is -0.396 e. The summed E-state index contributed by atoms with van der Waals surface area (Å²) in [6.07, 6.45) is 20.2. The van der Waals surface area contributed by atoms with Crippen LogP contribution in [-0.2, 0) is 27.1 Å². The van der Waals surface area contributed by atoms with Crippen molar-refractivity contribution in [2.45, 2.75) is 109 Å². The molecule has 1 heterocycles. The molecule has 324 valence electrons. The second-order valence-corrected chi connectivity index (χ2v) is 18.9. The molecule has 0 amide bonds. The lowest BCUT2D eigenvalue weighted by molar-refractivity contribution is -0.256. The molecule has 59 heavy (non-hydrogen) atoms. The summed E-state index contributed by atoms with van der Waals surface area (Å²) >= 11 is 0. The first kappa shape index (κ1) is 45.5. The maximum atomic E-state index is 13.2. The Hall–Kier alpha value is -2.99. The van der Waals surface area contributed by atoms with Crippen molar-refractivity contribution in [1.29, 1.82) is 0 Å². The van der Waals surface area contributed by atoms with Gasteiger partial charge in [0.05, 0.1) is 18.3 Å². The van der Waals surface area contributed by atoms with Gasteiger partial charge in [-0.25, -0.2) is 0 Å². The van der Waals surface area contributed by atoms with Gasteiger partial charge in [-0.3, -0.25) is 4.79 Å². The highest BCUT2D eigenvalue weighted by molar-refractivity contribution is 5.75. The zero-order valence-corrected chi connectivity index (χ0v) is 36.4. The maximum Gasteiger partial charge on any atom is 0.145 e. The summed E-state index contributed by atoms with van der Waals surface area (Å²) in [5, 5.41) is 53.8. The number of carbonyl (C=O) groups is 1. The number of ether oxygens (including phenoxy) is 2. The minimum absolute atomic E-state index is 0.0295. The van der Waals surface area contributed by atoms with E-state index in [1.54, 1.807) is 7.11 Å². The van der Waals surface area contributed by atoms with Gasteiger partial charge in [0.2, 0.25) is 0 Å². The van der Waals surface area contributed by atoms with Crippen LogP contribution in [0.5, 0.6) is 0 Å². The first-order valence-corrected chi connectivity index (χ1v) is 22.1. The molecular formula is C50H72N2O7. The zero-order valence-electron chi connectivity index (χ0n) is 36.4. The highest BCUT2D eigenvalue weighted by Gasteiger charge is 2.79. The lowest BCUT2D eigenvalue weighted by Gasteiger charge is -2.71. The van der Waals surface area contributed by atoms with Gasteiger partial charge in [0.15, 0.2) is 0 Å². The molecule has 9 nitrogen and oxygen atoms in total. The predicted molar refractivity (Wildman–Crippen MR) is 234 cm³/mol. The number of allylic oxidation sites excluding steroid dienone is 9. The van der Waals surface area contributed by atoms with Crippen LogP contribution in [0.4, 0.5) is 0 Å². The van der Waals surface area contributed by atoms with E-state index in [0.717, 1.165) is 55.2 Å². The summed E-state index contributed by atoms with van der Waals surface area (Å²) < 4.78 is 11.2. The second-order valence-electron chi connectivity index (χ2n) is 18.9. The molecule has 6 N–H and O–H groups in total. The molecule has 9 unspecified atom stereocenters. The van der Waals surface area contributed by atoms with Crippen molar-refractivity contribution in [3.63, 3.8) is 0 Å². The summed E-state index contributed by atoms with van der Waals surface area (Å²) in [6.45, 7) is 12.7. The molecule has 5 aliphatic rings. The molecule has 6 bridgehead atoms. The number of nitrogens with one attached hydrogen (secondary N) is 2. The molecule has 0 aromatic heterocycles. The highest BCUT2D eigenvalue weighted by Crippen LogP contribution is 2.80. The van der Waals surface area contributed by atoms with Crippen molar-refractivity contribution >= 4 is 6.29 Å². The summed E-state index contributed by atoms with van der Waals surface area (Å²) in [7, 11) is 3.64. The number of hydrogen-bond donors (Lipinski definition) is 6. The molecule has 6 rings (SSSR count). The zero-order chi connectivity index (χ0) is 42.5. The van der Waals surface area contributed by atoms with Crippen molar-refractivity contribution in [3.05, 3.63) is 106 Å². The average Bonchev–Trinajstić information content (AvgIpc) is 3.43. The Kier molecular flexibility index (Phi) is 14.6. The third kappa shape index (κ3) is 8.36. The molecule has 3 saturated carbocycles. The summed E-state index contributed by atoms with van der Waals surface area (Å²) in [5.41, 5.74) is 3.74. The van der Waals surface area contributed by atoms with Gasteiger partial charge in [-0.15, -0.1) is 0 Å². The number of aldehydes is 1. The van der Waals surface area contributed by atoms with E-state index in [9.17, 15) is 25.2 Å². The molecule has 2 spiro atoms. The molecule has 1 aliphatic heterocycles. The topological polar surface area (TPSA) is 141 Å². The van der Waals surface area contributed by atoms with E-state index >= 15 is 0 Å². The third-order valence-corrected chi connectivity index (χ3v) is 15.6. The standard InChI is InChI=1S/C50H72N2O7/c1-35-13-14-40(28-38-10-8-11-39(27-38)29-46(4,52-31-35)23-26-58-6)36(2)9-7-12-43(33-59-34-55)47-18-20-49-42(17-25-53)16-15-41(44(49)37(3)32-54)30-48(57,22-24-51-5)50(49,21-19-47)45(47)56/h7-13,15-16,27,32,40-42,45,51-53,55-57H,2,14,17-26,28-31,33-34H2,1,3-6H3. The Morgan fingerprint density at radius 3 is 2.63 bits per heavy atom. The predicted octanol–water partition coefficient (Wildman–Crippen LogP) is 6.48. The van der Waals surface area contributed by atoms with Crippen LogP contribution in [0.25, 0.3) is 0 Å². The van der Waals surface area contributed by atoms with Crippen molar-refractivity contribution in [2.75, 3.05) is 53.9 Å². The SMILES string of the molecule is C=C(C=CC=C(COCO)C12CCC34C(=C(C)C=O)C(C=CC3CCO)CC(O)(CCNC)C4(CC1)C2O)C1CC=C(C)CNC(C)(CCOC)Cc2cccc(c2)C1.